The van der Waals surface area contributed by atoms with Crippen LogP contribution in [0.5, 0.6) is 5.75 Å². The third kappa shape index (κ3) is 4.53. The molecule has 114 valence electrons. The summed E-state index contributed by atoms with van der Waals surface area (Å²) in [6, 6.07) is 6.62. The van der Waals surface area contributed by atoms with Crippen molar-refractivity contribution < 1.29 is 4.74 Å². The van der Waals surface area contributed by atoms with E-state index in [2.05, 4.69) is 52.2 Å². The quantitative estimate of drug-likeness (QED) is 0.780. The zero-order valence-corrected chi connectivity index (χ0v) is 15.1. The van der Waals surface area contributed by atoms with Crippen molar-refractivity contribution in [1.82, 2.24) is 10.3 Å². The Balaban J connectivity index is 1.93. The Morgan fingerprint density at radius 1 is 1.43 bits per heavy atom. The van der Waals surface area contributed by atoms with E-state index in [9.17, 15) is 0 Å². The maximum atomic E-state index is 5.87. The van der Waals surface area contributed by atoms with Gasteiger partial charge in [0.05, 0.1) is 22.3 Å². The number of ether oxygens (including phenoxy) is 1. The second-order valence-corrected chi connectivity index (χ2v) is 6.72. The van der Waals surface area contributed by atoms with Gasteiger partial charge >= 0.3 is 0 Å². The monoisotopic (exact) mass is 368 g/mol. The van der Waals surface area contributed by atoms with Gasteiger partial charge in [-0.05, 0) is 54.0 Å². The van der Waals surface area contributed by atoms with Crippen LogP contribution in [0.1, 0.15) is 36.0 Å². The van der Waals surface area contributed by atoms with Crippen LogP contribution in [0.15, 0.2) is 28.2 Å². The fourth-order valence-electron chi connectivity index (χ4n) is 2.15. The molecule has 2 aromatic rings. The van der Waals surface area contributed by atoms with Gasteiger partial charge < -0.3 is 10.1 Å². The van der Waals surface area contributed by atoms with Crippen molar-refractivity contribution in [3.63, 3.8) is 0 Å². The summed E-state index contributed by atoms with van der Waals surface area (Å²) in [4.78, 5) is 5.55. The van der Waals surface area contributed by atoms with Crippen LogP contribution in [-0.4, -0.2) is 18.1 Å². The Hall–Kier alpha value is -0.910. The number of nitrogens with one attached hydrogen (secondary N) is 1. The number of rotatable bonds is 7. The molecule has 0 bridgehead atoms. The number of hydrogen-bond acceptors (Lipinski definition) is 4. The van der Waals surface area contributed by atoms with E-state index in [1.54, 1.807) is 11.3 Å². The third-order valence-electron chi connectivity index (χ3n) is 3.40. The van der Waals surface area contributed by atoms with Crippen LogP contribution in [0, 0.1) is 6.92 Å². The lowest BCUT2D eigenvalue weighted by molar-refractivity contribution is 0.320. The van der Waals surface area contributed by atoms with E-state index in [4.69, 9.17) is 4.74 Å². The van der Waals surface area contributed by atoms with Crippen LogP contribution in [0.4, 0.5) is 0 Å². The van der Waals surface area contributed by atoms with Gasteiger partial charge in [-0.1, -0.05) is 13.0 Å². The van der Waals surface area contributed by atoms with Gasteiger partial charge in [0.2, 0.25) is 0 Å². The number of nitrogens with zero attached hydrogens (tertiary/aromatic N) is 1. The van der Waals surface area contributed by atoms with Gasteiger partial charge in [-0.15, -0.1) is 11.3 Å². The molecule has 0 saturated carbocycles. The molecule has 1 unspecified atom stereocenters. The van der Waals surface area contributed by atoms with Gasteiger partial charge in [-0.2, -0.15) is 0 Å². The summed E-state index contributed by atoms with van der Waals surface area (Å²) >= 11 is 5.29. The fourth-order valence-corrected chi connectivity index (χ4v) is 3.42. The lowest BCUT2D eigenvalue weighted by atomic mass is 10.1. The third-order valence-corrected chi connectivity index (χ3v) is 5.01. The lowest BCUT2D eigenvalue weighted by Gasteiger charge is -2.15. The normalized spacial score (nSPS) is 12.4. The van der Waals surface area contributed by atoms with Gasteiger partial charge in [-0.3, -0.25) is 0 Å². The molecule has 0 radical (unpaired) electrons. The number of thiazole rings is 1. The summed E-state index contributed by atoms with van der Waals surface area (Å²) in [5.41, 5.74) is 4.25. The van der Waals surface area contributed by atoms with Crippen LogP contribution in [0.2, 0.25) is 0 Å². The molecule has 3 nitrogen and oxygen atoms in total. The molecule has 0 aliphatic carbocycles. The average Bonchev–Trinajstić information content (AvgIpc) is 2.86. The first-order chi connectivity index (χ1) is 10.1. The van der Waals surface area contributed by atoms with E-state index >= 15 is 0 Å². The Morgan fingerprint density at radius 2 is 2.24 bits per heavy atom. The van der Waals surface area contributed by atoms with Gasteiger partial charge in [0.1, 0.15) is 5.75 Å². The molecule has 0 fully saturated rings. The average molecular weight is 369 g/mol. The molecule has 2 rings (SSSR count). The van der Waals surface area contributed by atoms with Crippen molar-refractivity contribution >= 4 is 27.3 Å². The summed E-state index contributed by atoms with van der Waals surface area (Å²) in [5.74, 6) is 0.893. The molecule has 0 spiro atoms. The van der Waals surface area contributed by atoms with Crippen LogP contribution < -0.4 is 10.1 Å². The zero-order valence-electron chi connectivity index (χ0n) is 12.6. The van der Waals surface area contributed by atoms with Crippen LogP contribution in [-0.2, 0) is 6.42 Å². The highest BCUT2D eigenvalue weighted by molar-refractivity contribution is 9.10. The Kier molecular flexibility index (Phi) is 6.21. The number of aromatic nitrogens is 1. The SMILES string of the molecule is CCNC(C)c1ccc(OCCc2scnc2C)c(Br)c1. The molecule has 0 aliphatic heterocycles. The summed E-state index contributed by atoms with van der Waals surface area (Å²) < 4.78 is 6.88. The van der Waals surface area contributed by atoms with E-state index < -0.39 is 0 Å². The molecule has 5 heteroatoms. The van der Waals surface area contributed by atoms with Gasteiger partial charge in [0, 0.05) is 17.3 Å². The maximum absolute atomic E-state index is 5.87. The van der Waals surface area contributed by atoms with E-state index in [1.165, 1.54) is 10.4 Å². The highest BCUT2D eigenvalue weighted by Gasteiger charge is 2.08. The van der Waals surface area contributed by atoms with Crippen molar-refractivity contribution in [3.8, 4) is 5.75 Å². The first kappa shape index (κ1) is 16.5. The highest BCUT2D eigenvalue weighted by atomic mass is 79.9. The summed E-state index contributed by atoms with van der Waals surface area (Å²) in [5, 5.41) is 3.41. The minimum atomic E-state index is 0.347. The van der Waals surface area contributed by atoms with Crippen molar-refractivity contribution in [3.05, 3.63) is 44.3 Å². The molecule has 1 atom stereocenters. The smallest absolute Gasteiger partial charge is 0.133 e. The second kappa shape index (κ2) is 7.92. The van der Waals surface area contributed by atoms with Crippen LogP contribution in [0.3, 0.4) is 0 Å². The van der Waals surface area contributed by atoms with Crippen molar-refractivity contribution in [2.24, 2.45) is 0 Å². The second-order valence-electron chi connectivity index (χ2n) is 4.93. The maximum Gasteiger partial charge on any atom is 0.133 e. The first-order valence-electron chi connectivity index (χ1n) is 7.16. The van der Waals surface area contributed by atoms with E-state index in [0.717, 1.165) is 28.9 Å². The summed E-state index contributed by atoms with van der Waals surface area (Å²) in [6.45, 7) is 7.95. The molecule has 1 heterocycles. The highest BCUT2D eigenvalue weighted by Crippen LogP contribution is 2.28. The molecule has 0 amide bonds. The van der Waals surface area contributed by atoms with Crippen molar-refractivity contribution in [2.45, 2.75) is 33.2 Å². The predicted octanol–water partition coefficient (Wildman–Crippen LogP) is 4.51. The standard InChI is InChI=1S/C16H21BrN2OS/c1-4-18-11(2)13-5-6-15(14(17)9-13)20-8-7-16-12(3)19-10-21-16/h5-6,9-11,18H,4,7-8H2,1-3H3. The Morgan fingerprint density at radius 3 is 2.86 bits per heavy atom. The fraction of sp³-hybridized carbons (Fsp3) is 0.438. The number of benzene rings is 1. The molecule has 0 aliphatic rings. The molecular formula is C16H21BrN2OS. The molecule has 1 aromatic heterocycles. The molecule has 0 saturated heterocycles. The van der Waals surface area contributed by atoms with E-state index in [1.807, 2.05) is 18.5 Å². The van der Waals surface area contributed by atoms with Crippen LogP contribution in [0.25, 0.3) is 0 Å². The zero-order chi connectivity index (χ0) is 15.2. The number of aryl methyl sites for hydroxylation is 1. The Bertz CT molecular complexity index is 585. The van der Waals surface area contributed by atoms with E-state index in [-0.39, 0.29) is 0 Å². The minimum absolute atomic E-state index is 0.347. The largest absolute Gasteiger partial charge is 0.492 e. The van der Waals surface area contributed by atoms with Gasteiger partial charge in [-0.25, -0.2) is 4.98 Å². The molecule has 21 heavy (non-hydrogen) atoms. The molecule has 1 aromatic carbocycles. The number of halogens is 1. The predicted molar refractivity (Wildman–Crippen MR) is 92.3 cm³/mol. The molecule has 1 N–H and O–H groups in total. The topological polar surface area (TPSA) is 34.1 Å². The first-order valence-corrected chi connectivity index (χ1v) is 8.83. The molecular weight excluding hydrogens is 348 g/mol. The van der Waals surface area contributed by atoms with Crippen molar-refractivity contribution in [1.29, 1.82) is 0 Å². The van der Waals surface area contributed by atoms with Crippen molar-refractivity contribution in [2.75, 3.05) is 13.2 Å². The summed E-state index contributed by atoms with van der Waals surface area (Å²) in [7, 11) is 0. The minimum Gasteiger partial charge on any atom is -0.492 e. The lowest BCUT2D eigenvalue weighted by Crippen LogP contribution is -2.17. The van der Waals surface area contributed by atoms with E-state index in [0.29, 0.717) is 12.6 Å². The van der Waals surface area contributed by atoms with Crippen LogP contribution >= 0.6 is 27.3 Å². The van der Waals surface area contributed by atoms with Gasteiger partial charge in [0.15, 0.2) is 0 Å². The number of hydrogen-bond donors (Lipinski definition) is 1. The summed E-state index contributed by atoms with van der Waals surface area (Å²) in [6.07, 6.45) is 0.901. The van der Waals surface area contributed by atoms with Gasteiger partial charge in [0.25, 0.3) is 0 Å². The Labute approximate surface area is 138 Å².